The fourth-order valence-corrected chi connectivity index (χ4v) is 4.46. The molecule has 0 aromatic heterocycles. The van der Waals surface area contributed by atoms with E-state index in [1.165, 1.54) is 22.4 Å². The van der Waals surface area contributed by atoms with Crippen LogP contribution in [0.3, 0.4) is 0 Å². The van der Waals surface area contributed by atoms with Gasteiger partial charge >= 0.3 is 0 Å². The molecule has 2 heterocycles. The van der Waals surface area contributed by atoms with Crippen LogP contribution >= 0.6 is 0 Å². The third-order valence-corrected chi connectivity index (χ3v) is 6.31. The van der Waals surface area contributed by atoms with Gasteiger partial charge < -0.3 is 20.3 Å². The first-order chi connectivity index (χ1) is 15.2. The molecule has 6 heteroatoms. The minimum atomic E-state index is 0.399. The Labute approximate surface area is 186 Å². The molecule has 166 valence electrons. The summed E-state index contributed by atoms with van der Waals surface area (Å²) in [4.78, 5) is 9.40. The van der Waals surface area contributed by atoms with Crippen LogP contribution in [0, 0.1) is 0 Å². The second kappa shape index (κ2) is 10.6. The Hall–Kier alpha value is -2.57. The fraction of sp³-hybridized carbons (Fsp3) is 0.480. The summed E-state index contributed by atoms with van der Waals surface area (Å²) in [6, 6.07) is 17.8. The maximum Gasteiger partial charge on any atom is 0.191 e. The van der Waals surface area contributed by atoms with Gasteiger partial charge in [-0.1, -0.05) is 42.5 Å². The van der Waals surface area contributed by atoms with Crippen LogP contribution in [-0.2, 0) is 24.2 Å². The average molecular weight is 422 g/mol. The summed E-state index contributed by atoms with van der Waals surface area (Å²) in [5, 5.41) is 7.02. The van der Waals surface area contributed by atoms with E-state index in [2.05, 4.69) is 80.9 Å². The molecule has 0 radical (unpaired) electrons. The number of para-hydroxylation sites is 1. The van der Waals surface area contributed by atoms with Crippen LogP contribution in [0.4, 0.5) is 5.69 Å². The molecule has 4 rings (SSSR count). The quantitative estimate of drug-likeness (QED) is 0.532. The van der Waals surface area contributed by atoms with Crippen LogP contribution in [-0.4, -0.2) is 63.3 Å². The van der Waals surface area contributed by atoms with Crippen molar-refractivity contribution in [3.05, 3.63) is 65.2 Å². The molecule has 2 N–H and O–H groups in total. The fourth-order valence-electron chi connectivity index (χ4n) is 4.46. The van der Waals surface area contributed by atoms with Crippen molar-refractivity contribution < 1.29 is 4.74 Å². The van der Waals surface area contributed by atoms with E-state index >= 15 is 0 Å². The van der Waals surface area contributed by atoms with Crippen molar-refractivity contribution in [1.29, 1.82) is 0 Å². The Morgan fingerprint density at radius 1 is 1.00 bits per heavy atom. The maximum absolute atomic E-state index is 5.48. The summed E-state index contributed by atoms with van der Waals surface area (Å²) < 4.78 is 5.48. The van der Waals surface area contributed by atoms with Crippen molar-refractivity contribution in [2.24, 2.45) is 4.99 Å². The van der Waals surface area contributed by atoms with Crippen molar-refractivity contribution in [3.8, 4) is 0 Å². The highest BCUT2D eigenvalue weighted by atomic mass is 16.5. The van der Waals surface area contributed by atoms with Crippen LogP contribution < -0.4 is 15.5 Å². The van der Waals surface area contributed by atoms with E-state index < -0.39 is 0 Å². The average Bonchev–Trinajstić information content (AvgIpc) is 3.25. The lowest BCUT2D eigenvalue weighted by Crippen LogP contribution is -2.45. The van der Waals surface area contributed by atoms with E-state index in [9.17, 15) is 0 Å². The number of ether oxygens (including phenoxy) is 1. The lowest BCUT2D eigenvalue weighted by atomic mass is 10.1. The van der Waals surface area contributed by atoms with Gasteiger partial charge in [-0.15, -0.1) is 0 Å². The molecule has 0 saturated carbocycles. The number of aliphatic imine (C=N–C) groups is 1. The maximum atomic E-state index is 5.48. The standard InChI is InChI=1S/C25H35N5O/c1-20(30-12-11-21-7-5-6-10-24(21)30)17-27-25(26-2)28-18-22-8-3-4-9-23(22)19-29-13-15-31-16-14-29/h3-10,20H,11-19H2,1-2H3,(H2,26,27,28). The Balaban J connectivity index is 1.29. The molecule has 2 aliphatic heterocycles. The molecule has 1 atom stereocenters. The zero-order valence-corrected chi connectivity index (χ0v) is 18.8. The molecule has 1 fully saturated rings. The minimum Gasteiger partial charge on any atom is -0.379 e. The largest absolute Gasteiger partial charge is 0.379 e. The van der Waals surface area contributed by atoms with Gasteiger partial charge in [0.2, 0.25) is 0 Å². The predicted molar refractivity (Wildman–Crippen MR) is 128 cm³/mol. The SMILES string of the molecule is CN=C(NCc1ccccc1CN1CCOCC1)NCC(C)N1CCc2ccccc21. The number of hydrogen-bond donors (Lipinski definition) is 2. The van der Waals surface area contributed by atoms with Crippen LogP contribution in [0.2, 0.25) is 0 Å². The van der Waals surface area contributed by atoms with Gasteiger partial charge in [0.1, 0.15) is 0 Å². The first-order valence-corrected chi connectivity index (χ1v) is 11.4. The highest BCUT2D eigenvalue weighted by Crippen LogP contribution is 2.28. The van der Waals surface area contributed by atoms with Gasteiger partial charge in [0.05, 0.1) is 13.2 Å². The molecular weight excluding hydrogens is 386 g/mol. The highest BCUT2D eigenvalue weighted by molar-refractivity contribution is 5.79. The Bertz CT molecular complexity index is 878. The number of hydrogen-bond acceptors (Lipinski definition) is 4. The lowest BCUT2D eigenvalue weighted by Gasteiger charge is -2.28. The van der Waals surface area contributed by atoms with Crippen LogP contribution in [0.5, 0.6) is 0 Å². The van der Waals surface area contributed by atoms with E-state index in [-0.39, 0.29) is 0 Å². The molecule has 6 nitrogen and oxygen atoms in total. The summed E-state index contributed by atoms with van der Waals surface area (Å²) in [5.41, 5.74) is 5.51. The van der Waals surface area contributed by atoms with Crippen molar-refractivity contribution in [2.45, 2.75) is 32.5 Å². The van der Waals surface area contributed by atoms with Crippen LogP contribution in [0.15, 0.2) is 53.5 Å². The molecule has 2 aromatic rings. The van der Waals surface area contributed by atoms with Crippen molar-refractivity contribution in [1.82, 2.24) is 15.5 Å². The summed E-state index contributed by atoms with van der Waals surface area (Å²) in [5.74, 6) is 0.848. The Kier molecular flexibility index (Phi) is 7.43. The first kappa shape index (κ1) is 21.7. The van der Waals surface area contributed by atoms with Gasteiger partial charge in [0.15, 0.2) is 5.96 Å². The molecule has 2 aliphatic rings. The van der Waals surface area contributed by atoms with Gasteiger partial charge in [0.25, 0.3) is 0 Å². The molecule has 2 aromatic carbocycles. The lowest BCUT2D eigenvalue weighted by molar-refractivity contribution is 0.0341. The molecular formula is C25H35N5O. The zero-order valence-electron chi connectivity index (χ0n) is 18.8. The number of anilines is 1. The number of guanidine groups is 1. The second-order valence-corrected chi connectivity index (χ2v) is 8.39. The third-order valence-electron chi connectivity index (χ3n) is 6.31. The van der Waals surface area contributed by atoms with E-state index in [0.29, 0.717) is 6.04 Å². The summed E-state index contributed by atoms with van der Waals surface area (Å²) >= 11 is 0. The van der Waals surface area contributed by atoms with Gasteiger partial charge in [-0.3, -0.25) is 9.89 Å². The number of nitrogens with zero attached hydrogens (tertiary/aromatic N) is 3. The molecule has 1 saturated heterocycles. The van der Waals surface area contributed by atoms with Crippen molar-refractivity contribution >= 4 is 11.6 Å². The van der Waals surface area contributed by atoms with Crippen LogP contribution in [0.1, 0.15) is 23.6 Å². The second-order valence-electron chi connectivity index (χ2n) is 8.39. The van der Waals surface area contributed by atoms with Crippen molar-refractivity contribution in [3.63, 3.8) is 0 Å². The summed E-state index contributed by atoms with van der Waals surface area (Å²) in [7, 11) is 1.84. The molecule has 0 aliphatic carbocycles. The van der Waals surface area contributed by atoms with Gasteiger partial charge in [-0.2, -0.15) is 0 Å². The number of fused-ring (bicyclic) bond motifs is 1. The first-order valence-electron chi connectivity index (χ1n) is 11.4. The normalized spacial score (nSPS) is 18.0. The van der Waals surface area contributed by atoms with Crippen LogP contribution in [0.25, 0.3) is 0 Å². The minimum absolute atomic E-state index is 0.399. The number of morpholine rings is 1. The summed E-state index contributed by atoms with van der Waals surface area (Å²) in [6.07, 6.45) is 1.13. The van der Waals surface area contributed by atoms with E-state index in [1.807, 2.05) is 7.05 Å². The number of rotatable bonds is 7. The third kappa shape index (κ3) is 5.57. The molecule has 1 unspecified atom stereocenters. The van der Waals surface area contributed by atoms with Gasteiger partial charge in [-0.25, -0.2) is 0 Å². The predicted octanol–water partition coefficient (Wildman–Crippen LogP) is 2.64. The zero-order chi connectivity index (χ0) is 21.5. The number of benzene rings is 2. The van der Waals surface area contributed by atoms with Crippen molar-refractivity contribution in [2.75, 3.05) is 51.3 Å². The Morgan fingerprint density at radius 3 is 2.55 bits per heavy atom. The smallest absolute Gasteiger partial charge is 0.191 e. The van der Waals surface area contributed by atoms with E-state index in [1.54, 1.807) is 0 Å². The molecule has 0 bridgehead atoms. The molecule has 0 spiro atoms. The van der Waals surface area contributed by atoms with E-state index in [0.717, 1.165) is 64.9 Å². The summed E-state index contributed by atoms with van der Waals surface area (Å²) in [6.45, 7) is 9.62. The highest BCUT2D eigenvalue weighted by Gasteiger charge is 2.22. The van der Waals surface area contributed by atoms with Gasteiger partial charge in [0, 0.05) is 58.0 Å². The number of nitrogens with one attached hydrogen (secondary N) is 2. The monoisotopic (exact) mass is 421 g/mol. The Morgan fingerprint density at radius 2 is 1.74 bits per heavy atom. The topological polar surface area (TPSA) is 52.1 Å². The molecule has 0 amide bonds. The van der Waals surface area contributed by atoms with Gasteiger partial charge in [-0.05, 0) is 36.1 Å². The van der Waals surface area contributed by atoms with E-state index in [4.69, 9.17) is 4.74 Å². The molecule has 31 heavy (non-hydrogen) atoms.